The van der Waals surface area contributed by atoms with Crippen LogP contribution in [0.5, 0.6) is 0 Å². The molecule has 0 aliphatic rings. The molecule has 60 heavy (non-hydrogen) atoms. The second-order valence-electron chi connectivity index (χ2n) is 15.4. The van der Waals surface area contributed by atoms with Crippen molar-refractivity contribution in [3.05, 3.63) is 243 Å². The Morgan fingerprint density at radius 2 is 0.450 bits per heavy atom. The topological polar surface area (TPSA) is 9.86 Å². The quantitative estimate of drug-likeness (QED) is 0.146. The summed E-state index contributed by atoms with van der Waals surface area (Å²) < 4.78 is 4.93. The van der Waals surface area contributed by atoms with Gasteiger partial charge in [-0.25, -0.2) is 0 Å². The van der Waals surface area contributed by atoms with E-state index in [2.05, 4.69) is 252 Å². The highest BCUT2D eigenvalue weighted by Crippen LogP contribution is 2.41. The van der Waals surface area contributed by atoms with Gasteiger partial charge in [-0.2, -0.15) is 0 Å². The van der Waals surface area contributed by atoms with E-state index in [1.54, 1.807) is 0 Å². The average molecular weight is 765 g/mol. The van der Waals surface area contributed by atoms with Gasteiger partial charge in [0.25, 0.3) is 0 Å². The van der Waals surface area contributed by atoms with Crippen LogP contribution in [0.15, 0.2) is 243 Å². The van der Waals surface area contributed by atoms with E-state index >= 15 is 0 Å². The molecule has 0 saturated carbocycles. The van der Waals surface area contributed by atoms with Crippen molar-refractivity contribution in [2.45, 2.75) is 0 Å². The van der Waals surface area contributed by atoms with Crippen molar-refractivity contribution in [1.82, 2.24) is 9.13 Å². The Bertz CT molecular complexity index is 2920. The van der Waals surface area contributed by atoms with Gasteiger partial charge in [0.05, 0.1) is 22.4 Å². The van der Waals surface area contributed by atoms with Gasteiger partial charge in [-0.15, -0.1) is 0 Å². The summed E-state index contributed by atoms with van der Waals surface area (Å²) in [6.45, 7) is 0. The van der Waals surface area contributed by atoms with Crippen LogP contribution in [0, 0.1) is 0 Å². The second kappa shape index (κ2) is 15.1. The molecule has 0 bridgehead atoms. The number of hydrogen-bond acceptors (Lipinski definition) is 0. The fourth-order valence-corrected chi connectivity index (χ4v) is 8.78. The van der Waals surface area contributed by atoms with Crippen LogP contribution in [0.25, 0.3) is 100 Å². The van der Waals surface area contributed by atoms with Gasteiger partial charge in [0, 0.05) is 22.1 Å². The third-order valence-electron chi connectivity index (χ3n) is 11.6. The molecule has 0 aliphatic heterocycles. The van der Waals surface area contributed by atoms with Gasteiger partial charge in [-0.05, 0) is 116 Å². The summed E-state index contributed by atoms with van der Waals surface area (Å²) in [6.07, 6.45) is 0. The van der Waals surface area contributed by atoms with Crippen molar-refractivity contribution in [2.24, 2.45) is 0 Å². The Morgan fingerprint density at radius 1 is 0.200 bits per heavy atom. The molecule has 0 saturated heterocycles. The molecule has 9 aromatic carbocycles. The molecule has 0 unspecified atom stereocenters. The fourth-order valence-electron chi connectivity index (χ4n) is 8.78. The third-order valence-corrected chi connectivity index (χ3v) is 11.6. The summed E-state index contributed by atoms with van der Waals surface area (Å²) in [5, 5.41) is 2.35. The van der Waals surface area contributed by atoms with E-state index < -0.39 is 0 Å². The molecule has 0 atom stereocenters. The summed E-state index contributed by atoms with van der Waals surface area (Å²) in [5.74, 6) is 0. The van der Waals surface area contributed by atoms with Gasteiger partial charge in [-0.3, -0.25) is 0 Å². The Morgan fingerprint density at radius 3 is 0.717 bits per heavy atom. The highest BCUT2D eigenvalue weighted by Gasteiger charge is 2.20. The first-order valence-electron chi connectivity index (χ1n) is 20.6. The molecule has 0 amide bonds. The molecular formula is C58H40N2. The van der Waals surface area contributed by atoms with Gasteiger partial charge in [0.1, 0.15) is 0 Å². The third kappa shape index (κ3) is 6.51. The molecular weight excluding hydrogens is 725 g/mol. The molecule has 282 valence electrons. The smallest absolute Gasteiger partial charge is 0.0542 e. The Kier molecular flexibility index (Phi) is 8.87. The molecule has 0 N–H and O–H groups in total. The Labute approximate surface area is 350 Å². The highest BCUT2D eigenvalue weighted by atomic mass is 15.0. The maximum absolute atomic E-state index is 2.46. The van der Waals surface area contributed by atoms with Crippen molar-refractivity contribution in [3.8, 4) is 78.4 Å². The summed E-state index contributed by atoms with van der Waals surface area (Å²) >= 11 is 0. The molecule has 11 aromatic rings. The number of benzene rings is 9. The summed E-state index contributed by atoms with van der Waals surface area (Å²) in [7, 11) is 0. The molecule has 2 aromatic heterocycles. The van der Waals surface area contributed by atoms with Crippen molar-refractivity contribution < 1.29 is 0 Å². The maximum Gasteiger partial charge on any atom is 0.0542 e. The number of rotatable bonds is 8. The van der Waals surface area contributed by atoms with Crippen LogP contribution in [0.4, 0.5) is 0 Å². The lowest BCUT2D eigenvalue weighted by Gasteiger charge is -2.17. The van der Waals surface area contributed by atoms with Crippen LogP contribution in [-0.2, 0) is 0 Å². The van der Waals surface area contributed by atoms with Gasteiger partial charge >= 0.3 is 0 Å². The number of fused-ring (bicyclic) bond motifs is 2. The van der Waals surface area contributed by atoms with Crippen LogP contribution in [0.2, 0.25) is 0 Å². The lowest BCUT2D eigenvalue weighted by atomic mass is 9.97. The summed E-state index contributed by atoms with van der Waals surface area (Å²) in [4.78, 5) is 0. The van der Waals surface area contributed by atoms with E-state index in [1.807, 2.05) is 0 Å². The van der Waals surface area contributed by atoms with Crippen molar-refractivity contribution in [1.29, 1.82) is 0 Å². The molecule has 0 aliphatic carbocycles. The van der Waals surface area contributed by atoms with E-state index in [1.165, 1.54) is 66.4 Å². The monoisotopic (exact) mass is 764 g/mol. The molecule has 0 radical (unpaired) electrons. The van der Waals surface area contributed by atoms with E-state index in [9.17, 15) is 0 Å². The predicted molar refractivity (Wildman–Crippen MR) is 253 cm³/mol. The van der Waals surface area contributed by atoms with Crippen LogP contribution in [0.1, 0.15) is 0 Å². The second-order valence-corrected chi connectivity index (χ2v) is 15.4. The van der Waals surface area contributed by atoms with E-state index in [4.69, 9.17) is 0 Å². The first-order valence-corrected chi connectivity index (χ1v) is 20.6. The van der Waals surface area contributed by atoms with Gasteiger partial charge < -0.3 is 9.13 Å². The Balaban J connectivity index is 1.20. The zero-order chi connectivity index (χ0) is 39.8. The number of aromatic nitrogens is 2. The van der Waals surface area contributed by atoms with Gasteiger partial charge in [0.2, 0.25) is 0 Å². The number of hydrogen-bond donors (Lipinski definition) is 0. The molecule has 2 nitrogen and oxygen atoms in total. The largest absolute Gasteiger partial charge is 0.309 e. The standard InChI is InChI=1S/C58H40N2/c1-7-19-41(20-8-1)47-31-48(42-21-9-2-10-22-42)34-53(33-47)59-55(45-27-15-5-16-28-45)37-51-40-58-52(39-57(51)59)38-56(46-29-17-6-18-30-46)60(58)54-35-49(43-23-11-3-12-24-43)32-50(36-54)44-25-13-4-14-26-44/h1-40H. The first-order chi connectivity index (χ1) is 29.7. The average Bonchev–Trinajstić information content (AvgIpc) is 3.90. The minimum absolute atomic E-state index is 1.12. The molecule has 2 heterocycles. The zero-order valence-electron chi connectivity index (χ0n) is 33.0. The van der Waals surface area contributed by atoms with Crippen molar-refractivity contribution >= 4 is 21.8 Å². The molecule has 2 heteroatoms. The lowest BCUT2D eigenvalue weighted by molar-refractivity contribution is 1.13. The molecule has 0 spiro atoms. The van der Waals surface area contributed by atoms with Crippen LogP contribution < -0.4 is 0 Å². The molecule has 0 fully saturated rings. The van der Waals surface area contributed by atoms with Gasteiger partial charge in [0.15, 0.2) is 0 Å². The maximum atomic E-state index is 2.46. The zero-order valence-corrected chi connectivity index (χ0v) is 33.0. The fraction of sp³-hybridized carbons (Fsp3) is 0. The van der Waals surface area contributed by atoms with E-state index in [-0.39, 0.29) is 0 Å². The first kappa shape index (κ1) is 35.2. The lowest BCUT2D eigenvalue weighted by Crippen LogP contribution is -1.99. The highest BCUT2D eigenvalue weighted by molar-refractivity contribution is 6.03. The van der Waals surface area contributed by atoms with Gasteiger partial charge in [-0.1, -0.05) is 182 Å². The van der Waals surface area contributed by atoms with Crippen LogP contribution in [-0.4, -0.2) is 9.13 Å². The van der Waals surface area contributed by atoms with Crippen molar-refractivity contribution in [2.75, 3.05) is 0 Å². The minimum Gasteiger partial charge on any atom is -0.309 e. The minimum atomic E-state index is 1.12. The molecule has 11 rings (SSSR count). The summed E-state index contributed by atoms with van der Waals surface area (Å²) in [6, 6.07) is 88.1. The predicted octanol–water partition coefficient (Wildman–Crippen LogP) is 15.6. The Hall–Kier alpha value is -7.94. The van der Waals surface area contributed by atoms with Crippen molar-refractivity contribution in [3.63, 3.8) is 0 Å². The van der Waals surface area contributed by atoms with E-state index in [0.29, 0.717) is 0 Å². The summed E-state index contributed by atoms with van der Waals surface area (Å²) in [5.41, 5.74) is 18.7. The van der Waals surface area contributed by atoms with Crippen LogP contribution >= 0.6 is 0 Å². The normalized spacial score (nSPS) is 11.3. The van der Waals surface area contributed by atoms with E-state index in [0.717, 1.165) is 33.8 Å². The SMILES string of the molecule is c1ccc(-c2cc(-c3ccccc3)cc(-n3c(-c4ccccc4)cc4cc5c(cc(-c6ccccc6)n5-c5cc(-c6ccccc6)cc(-c6ccccc6)c5)cc43)c2)cc1. The van der Waals surface area contributed by atoms with Crippen LogP contribution in [0.3, 0.4) is 0 Å². The number of nitrogens with zero attached hydrogens (tertiary/aromatic N) is 2.